The highest BCUT2D eigenvalue weighted by Crippen LogP contribution is 2.27. The molecule has 0 aliphatic carbocycles. The fraction of sp³-hybridized carbons (Fsp3) is 0.429. The highest BCUT2D eigenvalue weighted by atomic mass is 35.5. The van der Waals surface area contributed by atoms with Crippen molar-refractivity contribution in [3.8, 4) is 5.75 Å². The topological polar surface area (TPSA) is 87.7 Å². The highest BCUT2D eigenvalue weighted by molar-refractivity contribution is 6.33. The molecule has 0 atom stereocenters. The van der Waals surface area contributed by atoms with Crippen LogP contribution in [0.5, 0.6) is 5.75 Å². The molecule has 0 heterocycles. The number of carbonyl (C=O) groups is 2. The molecule has 6 nitrogen and oxygen atoms in total. The summed E-state index contributed by atoms with van der Waals surface area (Å²) < 4.78 is 5.05. The smallest absolute Gasteiger partial charge is 0.329 e. The molecule has 0 saturated heterocycles. The minimum absolute atomic E-state index is 0.276. The molecule has 2 amide bonds. The van der Waals surface area contributed by atoms with Crippen LogP contribution in [-0.2, 0) is 4.79 Å². The molecule has 7 heteroatoms. The average molecular weight is 315 g/mol. The first-order valence-corrected chi connectivity index (χ1v) is 6.92. The summed E-state index contributed by atoms with van der Waals surface area (Å²) in [5.74, 6) is -0.537. The maximum absolute atomic E-state index is 12.0. The lowest BCUT2D eigenvalue weighted by Crippen LogP contribution is -2.55. The Morgan fingerprint density at radius 1 is 1.33 bits per heavy atom. The van der Waals surface area contributed by atoms with Gasteiger partial charge in [0.2, 0.25) is 0 Å². The number of benzene rings is 1. The van der Waals surface area contributed by atoms with Crippen LogP contribution < -0.4 is 15.4 Å². The molecular weight excluding hydrogens is 296 g/mol. The summed E-state index contributed by atoms with van der Waals surface area (Å²) in [6, 6.07) is 4.17. The molecule has 1 aromatic carbocycles. The number of carboxylic acid groups (broad SMARTS) is 1. The largest absolute Gasteiger partial charge is 0.497 e. The van der Waals surface area contributed by atoms with Crippen molar-refractivity contribution < 1.29 is 19.4 Å². The Morgan fingerprint density at radius 2 is 1.95 bits per heavy atom. The van der Waals surface area contributed by atoms with Crippen LogP contribution in [0.1, 0.15) is 26.7 Å². The quantitative estimate of drug-likeness (QED) is 0.753. The van der Waals surface area contributed by atoms with E-state index in [9.17, 15) is 14.7 Å². The van der Waals surface area contributed by atoms with Crippen LogP contribution in [0.4, 0.5) is 10.5 Å². The fourth-order valence-electron chi connectivity index (χ4n) is 1.88. The zero-order chi connectivity index (χ0) is 16.0. The fourth-order valence-corrected chi connectivity index (χ4v) is 2.05. The molecule has 0 unspecified atom stereocenters. The molecule has 0 saturated carbocycles. The average Bonchev–Trinajstić information content (AvgIpc) is 2.46. The third kappa shape index (κ3) is 4.01. The van der Waals surface area contributed by atoms with E-state index in [1.807, 2.05) is 0 Å². The van der Waals surface area contributed by atoms with Gasteiger partial charge in [0.05, 0.1) is 17.8 Å². The number of nitrogens with one attached hydrogen (secondary N) is 2. The number of ether oxygens (including phenoxy) is 1. The SMILES string of the molecule is CCC(CC)(NC(=O)Nc1cc(OC)ccc1Cl)C(=O)O. The normalized spacial score (nSPS) is 10.9. The number of methoxy groups -OCH3 is 1. The van der Waals surface area contributed by atoms with E-state index in [1.54, 1.807) is 32.0 Å². The predicted molar refractivity (Wildman–Crippen MR) is 81.1 cm³/mol. The maximum atomic E-state index is 12.0. The maximum Gasteiger partial charge on any atom is 0.329 e. The van der Waals surface area contributed by atoms with Gasteiger partial charge in [-0.05, 0) is 25.0 Å². The van der Waals surface area contributed by atoms with Gasteiger partial charge in [-0.3, -0.25) is 0 Å². The Bertz CT molecular complexity index is 530. The summed E-state index contributed by atoms with van der Waals surface area (Å²) in [5, 5.41) is 14.7. The van der Waals surface area contributed by atoms with Crippen LogP contribution in [0.3, 0.4) is 0 Å². The summed E-state index contributed by atoms with van der Waals surface area (Å²) in [5.41, 5.74) is -0.949. The number of aliphatic carboxylic acids is 1. The summed E-state index contributed by atoms with van der Waals surface area (Å²) in [6.07, 6.45) is 0.552. The van der Waals surface area contributed by atoms with Gasteiger partial charge >= 0.3 is 12.0 Å². The van der Waals surface area contributed by atoms with E-state index in [2.05, 4.69) is 10.6 Å². The number of amides is 2. The van der Waals surface area contributed by atoms with Crippen molar-refractivity contribution in [1.29, 1.82) is 0 Å². The Balaban J connectivity index is 2.89. The number of hydrogen-bond acceptors (Lipinski definition) is 3. The van der Waals surface area contributed by atoms with Crippen molar-refractivity contribution >= 4 is 29.3 Å². The highest BCUT2D eigenvalue weighted by Gasteiger charge is 2.36. The van der Waals surface area contributed by atoms with Crippen LogP contribution in [0.25, 0.3) is 0 Å². The van der Waals surface area contributed by atoms with Crippen molar-refractivity contribution in [2.75, 3.05) is 12.4 Å². The van der Waals surface area contributed by atoms with Gasteiger partial charge in [0.1, 0.15) is 11.3 Å². The summed E-state index contributed by atoms with van der Waals surface area (Å²) in [6.45, 7) is 3.41. The molecule has 0 spiro atoms. The van der Waals surface area contributed by atoms with E-state index >= 15 is 0 Å². The number of carbonyl (C=O) groups excluding carboxylic acids is 1. The summed E-state index contributed by atoms with van der Waals surface area (Å²) in [7, 11) is 1.50. The number of anilines is 1. The van der Waals surface area contributed by atoms with E-state index in [-0.39, 0.29) is 12.8 Å². The molecule has 0 aromatic heterocycles. The second kappa shape index (κ2) is 7.17. The van der Waals surface area contributed by atoms with Crippen molar-refractivity contribution in [2.45, 2.75) is 32.2 Å². The van der Waals surface area contributed by atoms with Gasteiger partial charge in [-0.25, -0.2) is 9.59 Å². The number of rotatable bonds is 6. The summed E-state index contributed by atoms with van der Waals surface area (Å²) >= 11 is 5.98. The van der Waals surface area contributed by atoms with Crippen molar-refractivity contribution in [1.82, 2.24) is 5.32 Å². The van der Waals surface area contributed by atoms with Crippen molar-refractivity contribution in [3.05, 3.63) is 23.2 Å². The molecule has 1 rings (SSSR count). The Labute approximate surface area is 128 Å². The molecule has 0 fully saturated rings. The lowest BCUT2D eigenvalue weighted by Gasteiger charge is -2.28. The molecule has 0 bridgehead atoms. The van der Waals surface area contributed by atoms with Gasteiger partial charge in [0.15, 0.2) is 0 Å². The molecule has 1 aromatic rings. The van der Waals surface area contributed by atoms with Gasteiger partial charge in [0, 0.05) is 6.07 Å². The molecule has 21 heavy (non-hydrogen) atoms. The zero-order valence-electron chi connectivity index (χ0n) is 12.2. The molecule has 0 aliphatic heterocycles. The van der Waals surface area contributed by atoms with Gasteiger partial charge < -0.3 is 20.5 Å². The lowest BCUT2D eigenvalue weighted by atomic mass is 9.93. The number of carboxylic acids is 1. The van der Waals surface area contributed by atoms with Crippen LogP contribution in [-0.4, -0.2) is 29.8 Å². The van der Waals surface area contributed by atoms with Crippen LogP contribution in [0.15, 0.2) is 18.2 Å². The second-order valence-electron chi connectivity index (χ2n) is 4.52. The second-order valence-corrected chi connectivity index (χ2v) is 4.93. The van der Waals surface area contributed by atoms with E-state index in [0.717, 1.165) is 0 Å². The standard InChI is InChI=1S/C14H19ClN2O4/c1-4-14(5-2,12(18)19)17-13(20)16-11-8-9(21-3)6-7-10(11)15/h6-8H,4-5H2,1-3H3,(H,18,19)(H2,16,17,20). The van der Waals surface area contributed by atoms with Crippen molar-refractivity contribution in [3.63, 3.8) is 0 Å². The lowest BCUT2D eigenvalue weighted by molar-refractivity contribution is -0.144. The number of hydrogen-bond donors (Lipinski definition) is 3. The third-order valence-corrected chi connectivity index (χ3v) is 3.72. The van der Waals surface area contributed by atoms with Crippen LogP contribution in [0, 0.1) is 0 Å². The van der Waals surface area contributed by atoms with E-state index in [4.69, 9.17) is 16.3 Å². The number of urea groups is 1. The van der Waals surface area contributed by atoms with Crippen molar-refractivity contribution in [2.24, 2.45) is 0 Å². The first-order valence-electron chi connectivity index (χ1n) is 6.54. The predicted octanol–water partition coefficient (Wildman–Crippen LogP) is 3.11. The van der Waals surface area contributed by atoms with Gasteiger partial charge in [-0.2, -0.15) is 0 Å². The Morgan fingerprint density at radius 3 is 2.43 bits per heavy atom. The van der Waals surface area contributed by atoms with E-state index < -0.39 is 17.5 Å². The van der Waals surface area contributed by atoms with Crippen LogP contribution >= 0.6 is 11.6 Å². The summed E-state index contributed by atoms with van der Waals surface area (Å²) in [4.78, 5) is 23.4. The first kappa shape index (κ1) is 17.1. The number of halogens is 1. The van der Waals surface area contributed by atoms with Crippen LogP contribution in [0.2, 0.25) is 5.02 Å². The van der Waals surface area contributed by atoms with Gasteiger partial charge in [-0.1, -0.05) is 25.4 Å². The van der Waals surface area contributed by atoms with Gasteiger partial charge in [0.25, 0.3) is 0 Å². The monoisotopic (exact) mass is 314 g/mol. The zero-order valence-corrected chi connectivity index (χ0v) is 13.0. The first-order chi connectivity index (χ1) is 9.88. The minimum atomic E-state index is -1.30. The molecule has 116 valence electrons. The van der Waals surface area contributed by atoms with Gasteiger partial charge in [-0.15, -0.1) is 0 Å². The minimum Gasteiger partial charge on any atom is -0.497 e. The van der Waals surface area contributed by atoms with E-state index in [0.29, 0.717) is 16.5 Å². The molecule has 0 radical (unpaired) electrons. The Kier molecular flexibility index (Phi) is 5.84. The Hall–Kier alpha value is -1.95. The molecular formula is C14H19ClN2O4. The molecule has 3 N–H and O–H groups in total. The molecule has 0 aliphatic rings. The van der Waals surface area contributed by atoms with E-state index in [1.165, 1.54) is 7.11 Å². The third-order valence-electron chi connectivity index (χ3n) is 3.39.